The first-order valence-corrected chi connectivity index (χ1v) is 5.49. The first kappa shape index (κ1) is 10.6. The molecule has 5 heteroatoms. The molecule has 0 saturated heterocycles. The average Bonchev–Trinajstić information content (AvgIpc) is 2.87. The second kappa shape index (κ2) is 4.03. The molecule has 0 aliphatic carbocycles. The molecule has 2 aromatic heterocycles. The molecule has 1 N–H and O–H groups in total. The minimum Gasteiger partial charge on any atom is -0.497 e. The Balaban J connectivity index is 2.21. The number of fused-ring (bicyclic) bond motifs is 1. The fourth-order valence-electron chi connectivity index (χ4n) is 1.87. The summed E-state index contributed by atoms with van der Waals surface area (Å²) in [6, 6.07) is 9.05. The molecule has 0 fully saturated rings. The minimum absolute atomic E-state index is 0.112. The highest BCUT2D eigenvalue weighted by molar-refractivity contribution is 5.62. The van der Waals surface area contributed by atoms with Crippen LogP contribution >= 0.6 is 0 Å². The van der Waals surface area contributed by atoms with E-state index in [9.17, 15) is 4.79 Å². The number of ether oxygens (including phenoxy) is 1. The van der Waals surface area contributed by atoms with Gasteiger partial charge in [-0.25, -0.2) is 4.98 Å². The van der Waals surface area contributed by atoms with E-state index in [1.165, 1.54) is 4.40 Å². The first-order valence-electron chi connectivity index (χ1n) is 5.49. The van der Waals surface area contributed by atoms with E-state index in [-0.39, 0.29) is 5.56 Å². The van der Waals surface area contributed by atoms with Crippen molar-refractivity contribution in [1.82, 2.24) is 14.4 Å². The number of aromatic nitrogens is 3. The molecular weight excluding hydrogens is 230 g/mol. The number of imidazole rings is 1. The zero-order chi connectivity index (χ0) is 12.5. The molecule has 5 nitrogen and oxygen atoms in total. The van der Waals surface area contributed by atoms with Crippen LogP contribution in [0.5, 0.6) is 5.75 Å². The van der Waals surface area contributed by atoms with Crippen molar-refractivity contribution in [3.8, 4) is 17.0 Å². The fourth-order valence-corrected chi connectivity index (χ4v) is 1.87. The van der Waals surface area contributed by atoms with Gasteiger partial charge in [-0.15, -0.1) is 0 Å². The molecule has 2 heterocycles. The van der Waals surface area contributed by atoms with Crippen LogP contribution in [-0.4, -0.2) is 21.5 Å². The van der Waals surface area contributed by atoms with Crippen molar-refractivity contribution >= 4 is 5.78 Å². The van der Waals surface area contributed by atoms with Gasteiger partial charge in [0.15, 0.2) is 0 Å². The van der Waals surface area contributed by atoms with Crippen LogP contribution in [0.1, 0.15) is 0 Å². The summed E-state index contributed by atoms with van der Waals surface area (Å²) in [6.45, 7) is 0. The highest BCUT2D eigenvalue weighted by atomic mass is 16.5. The lowest BCUT2D eigenvalue weighted by Gasteiger charge is -2.05. The molecule has 0 saturated carbocycles. The van der Waals surface area contributed by atoms with E-state index in [1.54, 1.807) is 25.6 Å². The van der Waals surface area contributed by atoms with Gasteiger partial charge in [0.1, 0.15) is 5.75 Å². The van der Waals surface area contributed by atoms with Crippen molar-refractivity contribution in [2.75, 3.05) is 7.11 Å². The third kappa shape index (κ3) is 1.66. The molecule has 1 aromatic carbocycles. The summed E-state index contributed by atoms with van der Waals surface area (Å²) in [6.07, 6.45) is 3.21. The summed E-state index contributed by atoms with van der Waals surface area (Å²) in [5, 5.41) is 0. The highest BCUT2D eigenvalue weighted by Gasteiger charge is 2.05. The lowest BCUT2D eigenvalue weighted by Crippen LogP contribution is -2.12. The van der Waals surface area contributed by atoms with E-state index in [4.69, 9.17) is 4.74 Å². The van der Waals surface area contributed by atoms with Crippen LogP contribution < -0.4 is 10.3 Å². The van der Waals surface area contributed by atoms with E-state index in [0.717, 1.165) is 17.0 Å². The molecule has 0 radical (unpaired) electrons. The number of nitrogens with zero attached hydrogens (tertiary/aromatic N) is 2. The van der Waals surface area contributed by atoms with Crippen LogP contribution in [0.25, 0.3) is 17.0 Å². The number of aromatic amines is 1. The maximum absolute atomic E-state index is 11.9. The van der Waals surface area contributed by atoms with Gasteiger partial charge in [-0.2, -0.15) is 0 Å². The number of hydrogen-bond acceptors (Lipinski definition) is 3. The van der Waals surface area contributed by atoms with Gasteiger partial charge < -0.3 is 9.72 Å². The molecule has 0 unspecified atom stereocenters. The normalized spacial score (nSPS) is 10.7. The fraction of sp³-hybridized carbons (Fsp3) is 0.0769. The number of nitrogens with one attached hydrogen (secondary N) is 1. The van der Waals surface area contributed by atoms with Crippen LogP contribution in [0, 0.1) is 0 Å². The van der Waals surface area contributed by atoms with E-state index >= 15 is 0 Å². The van der Waals surface area contributed by atoms with Gasteiger partial charge in [-0.05, 0) is 12.1 Å². The highest BCUT2D eigenvalue weighted by Crippen LogP contribution is 2.21. The van der Waals surface area contributed by atoms with Gasteiger partial charge in [0, 0.05) is 24.0 Å². The predicted molar refractivity (Wildman–Crippen MR) is 67.8 cm³/mol. The van der Waals surface area contributed by atoms with E-state index < -0.39 is 0 Å². The molecule has 3 aromatic rings. The van der Waals surface area contributed by atoms with Crippen molar-refractivity contribution in [2.24, 2.45) is 0 Å². The van der Waals surface area contributed by atoms with Crippen molar-refractivity contribution in [3.63, 3.8) is 0 Å². The monoisotopic (exact) mass is 241 g/mol. The zero-order valence-corrected chi connectivity index (χ0v) is 9.75. The summed E-state index contributed by atoms with van der Waals surface area (Å²) in [5.41, 5.74) is 1.49. The Kier molecular flexibility index (Phi) is 2.37. The van der Waals surface area contributed by atoms with Crippen molar-refractivity contribution in [1.29, 1.82) is 0 Å². The van der Waals surface area contributed by atoms with Crippen LogP contribution in [0.4, 0.5) is 0 Å². The molecule has 0 atom stereocenters. The zero-order valence-electron chi connectivity index (χ0n) is 9.75. The lowest BCUT2D eigenvalue weighted by molar-refractivity contribution is 0.415. The van der Waals surface area contributed by atoms with Gasteiger partial charge in [-0.1, -0.05) is 12.1 Å². The van der Waals surface area contributed by atoms with Crippen molar-refractivity contribution in [2.45, 2.75) is 0 Å². The largest absolute Gasteiger partial charge is 0.497 e. The molecule has 0 spiro atoms. The predicted octanol–water partition coefficient (Wildman–Crippen LogP) is 1.70. The Morgan fingerprint density at radius 3 is 3.06 bits per heavy atom. The Morgan fingerprint density at radius 1 is 1.33 bits per heavy atom. The van der Waals surface area contributed by atoms with Crippen LogP contribution in [0.15, 0.2) is 47.5 Å². The molecule has 0 aliphatic rings. The van der Waals surface area contributed by atoms with E-state index in [1.807, 2.05) is 24.3 Å². The average molecular weight is 241 g/mol. The molecule has 18 heavy (non-hydrogen) atoms. The molecule has 0 aliphatic heterocycles. The summed E-state index contributed by atoms with van der Waals surface area (Å²) in [7, 11) is 1.61. The van der Waals surface area contributed by atoms with Gasteiger partial charge in [0.05, 0.1) is 12.8 Å². The smallest absolute Gasteiger partial charge is 0.259 e. The quantitative estimate of drug-likeness (QED) is 0.742. The van der Waals surface area contributed by atoms with Crippen LogP contribution in [0.2, 0.25) is 0 Å². The standard InChI is InChI=1S/C13H11N3O2/c1-18-10-4-2-3-9(7-10)11-8-12(17)16-6-5-14-13(16)15-11/h2-8H,1H3,(H,14,15). The van der Waals surface area contributed by atoms with Crippen molar-refractivity contribution in [3.05, 3.63) is 53.1 Å². The number of hydrogen-bond donors (Lipinski definition) is 1. The second-order valence-electron chi connectivity index (χ2n) is 3.87. The Hall–Kier alpha value is -2.56. The maximum atomic E-state index is 11.9. The third-order valence-corrected chi connectivity index (χ3v) is 2.77. The third-order valence-electron chi connectivity index (χ3n) is 2.77. The van der Waals surface area contributed by atoms with Crippen molar-refractivity contribution < 1.29 is 4.74 Å². The van der Waals surface area contributed by atoms with Gasteiger partial charge in [0.2, 0.25) is 5.78 Å². The molecule has 0 bridgehead atoms. The number of rotatable bonds is 2. The number of H-pyrrole nitrogens is 1. The summed E-state index contributed by atoms with van der Waals surface area (Å²) < 4.78 is 6.63. The number of methoxy groups -OCH3 is 1. The molecule has 0 amide bonds. The Morgan fingerprint density at radius 2 is 2.22 bits per heavy atom. The molecule has 90 valence electrons. The van der Waals surface area contributed by atoms with Gasteiger partial charge in [0.25, 0.3) is 5.56 Å². The maximum Gasteiger partial charge on any atom is 0.259 e. The topological polar surface area (TPSA) is 59.4 Å². The van der Waals surface area contributed by atoms with Gasteiger partial charge in [-0.3, -0.25) is 9.20 Å². The van der Waals surface area contributed by atoms with Crippen LogP contribution in [0.3, 0.4) is 0 Å². The molecule has 3 rings (SSSR count). The van der Waals surface area contributed by atoms with E-state index in [0.29, 0.717) is 5.78 Å². The molecular formula is C13H11N3O2. The Bertz CT molecular complexity index is 758. The first-order chi connectivity index (χ1) is 8.78. The Labute approximate surface area is 103 Å². The summed E-state index contributed by atoms with van der Waals surface area (Å²) in [4.78, 5) is 19.1. The SMILES string of the molecule is COc1cccc(-c2cc(=O)n3ccnc3[nH]2)c1. The number of benzene rings is 1. The summed E-state index contributed by atoms with van der Waals surface area (Å²) >= 11 is 0. The lowest BCUT2D eigenvalue weighted by atomic mass is 10.1. The van der Waals surface area contributed by atoms with Crippen LogP contribution in [-0.2, 0) is 0 Å². The second-order valence-corrected chi connectivity index (χ2v) is 3.87. The van der Waals surface area contributed by atoms with E-state index in [2.05, 4.69) is 9.97 Å². The summed E-state index contributed by atoms with van der Waals surface area (Å²) in [5.74, 6) is 1.27. The van der Waals surface area contributed by atoms with Gasteiger partial charge >= 0.3 is 0 Å². The minimum atomic E-state index is -0.112.